The van der Waals surface area contributed by atoms with Crippen molar-refractivity contribution in [1.82, 2.24) is 16.1 Å². The van der Waals surface area contributed by atoms with E-state index in [1.165, 1.54) is 7.11 Å². The maximum Gasteiger partial charge on any atom is 0.407 e. The standard InChI is InChI=1S/C21H31N5O6/c1-3-4-9-31-21(29)25-17(20(28)30-2)12-24-18(27)11-15-10-16(26-32-15)13-5-7-14(8-6-13)19(22)23/h5-8,15-17,26H,3-4,9-12H2,1-2H3,(H3,22,23)(H,24,27)(H,25,29)/t15-,16-,17?/m0/s1. The van der Waals surface area contributed by atoms with Gasteiger partial charge in [0.15, 0.2) is 0 Å². The molecule has 1 aliphatic heterocycles. The maximum absolute atomic E-state index is 12.3. The van der Waals surface area contributed by atoms with Crippen molar-refractivity contribution < 1.29 is 28.7 Å². The number of alkyl carbamates (subject to hydrolysis) is 1. The Labute approximate surface area is 186 Å². The number of methoxy groups -OCH3 is 1. The number of nitrogens with one attached hydrogen (secondary N) is 4. The lowest BCUT2D eigenvalue weighted by atomic mass is 9.99. The summed E-state index contributed by atoms with van der Waals surface area (Å²) in [6.07, 6.45) is 1.11. The van der Waals surface area contributed by atoms with Crippen LogP contribution >= 0.6 is 0 Å². The van der Waals surface area contributed by atoms with Gasteiger partial charge in [-0.3, -0.25) is 15.0 Å². The number of amidine groups is 1. The van der Waals surface area contributed by atoms with E-state index >= 15 is 0 Å². The van der Waals surface area contributed by atoms with E-state index < -0.39 is 18.1 Å². The second-order valence-corrected chi connectivity index (χ2v) is 7.40. The SMILES string of the molecule is CCCCOC(=O)NC(CNC(=O)C[C@@H]1C[C@@H](c2ccc(C(=N)N)cc2)NO1)C(=O)OC. The van der Waals surface area contributed by atoms with Crippen molar-refractivity contribution in [2.75, 3.05) is 20.3 Å². The van der Waals surface area contributed by atoms with Crippen LogP contribution in [0.1, 0.15) is 49.8 Å². The molecular weight excluding hydrogens is 418 g/mol. The first-order chi connectivity index (χ1) is 15.3. The second-order valence-electron chi connectivity index (χ2n) is 7.40. The normalized spacial score (nSPS) is 18.4. The van der Waals surface area contributed by atoms with Crippen LogP contribution in [0.15, 0.2) is 24.3 Å². The van der Waals surface area contributed by atoms with Crippen molar-refractivity contribution in [2.24, 2.45) is 5.73 Å². The van der Waals surface area contributed by atoms with Crippen LogP contribution in [0.5, 0.6) is 0 Å². The number of rotatable bonds is 11. The highest BCUT2D eigenvalue weighted by Gasteiger charge is 2.29. The van der Waals surface area contributed by atoms with Gasteiger partial charge in [0.05, 0.1) is 32.3 Å². The fourth-order valence-corrected chi connectivity index (χ4v) is 3.09. The molecule has 0 aliphatic carbocycles. The average Bonchev–Trinajstić information content (AvgIpc) is 3.24. The molecular formula is C21H31N5O6. The zero-order chi connectivity index (χ0) is 23.5. The molecule has 0 bridgehead atoms. The van der Waals surface area contributed by atoms with Crippen LogP contribution in [-0.2, 0) is 23.9 Å². The van der Waals surface area contributed by atoms with E-state index in [9.17, 15) is 14.4 Å². The molecule has 1 fully saturated rings. The smallest absolute Gasteiger partial charge is 0.407 e. The minimum absolute atomic E-state index is 0.00398. The molecule has 32 heavy (non-hydrogen) atoms. The largest absolute Gasteiger partial charge is 0.467 e. The minimum Gasteiger partial charge on any atom is -0.467 e. The van der Waals surface area contributed by atoms with Crippen LogP contribution in [0.2, 0.25) is 0 Å². The maximum atomic E-state index is 12.3. The van der Waals surface area contributed by atoms with Gasteiger partial charge in [0.1, 0.15) is 11.9 Å². The minimum atomic E-state index is -1.06. The summed E-state index contributed by atoms with van der Waals surface area (Å²) in [5, 5.41) is 12.5. The van der Waals surface area contributed by atoms with E-state index in [4.69, 9.17) is 20.7 Å². The summed E-state index contributed by atoms with van der Waals surface area (Å²) in [4.78, 5) is 41.5. The van der Waals surface area contributed by atoms with Gasteiger partial charge in [0.25, 0.3) is 0 Å². The van der Waals surface area contributed by atoms with E-state index in [0.717, 1.165) is 12.0 Å². The van der Waals surface area contributed by atoms with Crippen LogP contribution in [0, 0.1) is 5.41 Å². The number of ether oxygens (including phenoxy) is 2. The highest BCUT2D eigenvalue weighted by molar-refractivity contribution is 5.94. The van der Waals surface area contributed by atoms with Crippen LogP contribution in [-0.4, -0.2) is 56.2 Å². The van der Waals surface area contributed by atoms with Gasteiger partial charge in [-0.05, 0) is 18.4 Å². The molecule has 1 unspecified atom stereocenters. The highest BCUT2D eigenvalue weighted by Crippen LogP contribution is 2.27. The van der Waals surface area contributed by atoms with Gasteiger partial charge < -0.3 is 25.8 Å². The fourth-order valence-electron chi connectivity index (χ4n) is 3.09. The van der Waals surface area contributed by atoms with Crippen molar-refractivity contribution in [3.8, 4) is 0 Å². The molecule has 1 aromatic carbocycles. The van der Waals surface area contributed by atoms with Crippen LogP contribution in [0.3, 0.4) is 0 Å². The van der Waals surface area contributed by atoms with Crippen molar-refractivity contribution >= 4 is 23.8 Å². The van der Waals surface area contributed by atoms with E-state index in [1.54, 1.807) is 12.1 Å². The first kappa shape index (κ1) is 25.1. The molecule has 2 rings (SSSR count). The van der Waals surface area contributed by atoms with Gasteiger partial charge in [0.2, 0.25) is 5.91 Å². The van der Waals surface area contributed by atoms with Crippen molar-refractivity contribution in [3.63, 3.8) is 0 Å². The van der Waals surface area contributed by atoms with Crippen molar-refractivity contribution in [3.05, 3.63) is 35.4 Å². The number of carbonyl (C=O) groups excluding carboxylic acids is 3. The van der Waals surface area contributed by atoms with Crippen LogP contribution in [0.4, 0.5) is 4.79 Å². The first-order valence-electron chi connectivity index (χ1n) is 10.5. The third kappa shape index (κ3) is 7.82. The van der Waals surface area contributed by atoms with Crippen LogP contribution in [0.25, 0.3) is 0 Å². The Balaban J connectivity index is 1.79. The van der Waals surface area contributed by atoms with Crippen molar-refractivity contribution in [1.29, 1.82) is 5.41 Å². The number of hydrogen-bond donors (Lipinski definition) is 5. The van der Waals surface area contributed by atoms with Crippen molar-refractivity contribution in [2.45, 2.75) is 50.8 Å². The van der Waals surface area contributed by atoms with E-state index in [2.05, 4.69) is 20.9 Å². The Morgan fingerprint density at radius 1 is 1.31 bits per heavy atom. The predicted octanol–water partition coefficient (Wildman–Crippen LogP) is 0.879. The second kappa shape index (κ2) is 12.6. The summed E-state index contributed by atoms with van der Waals surface area (Å²) < 4.78 is 9.65. The number of carbonyl (C=O) groups is 3. The van der Waals surface area contributed by atoms with Gasteiger partial charge in [-0.2, -0.15) is 5.48 Å². The molecule has 176 valence electrons. The third-order valence-corrected chi connectivity index (χ3v) is 4.92. The van der Waals surface area contributed by atoms with Gasteiger partial charge in [-0.25, -0.2) is 9.59 Å². The number of esters is 1. The topological polar surface area (TPSA) is 165 Å². The average molecular weight is 450 g/mol. The molecule has 11 nitrogen and oxygen atoms in total. The van der Waals surface area contributed by atoms with E-state index in [0.29, 0.717) is 18.4 Å². The van der Waals surface area contributed by atoms with Gasteiger partial charge >= 0.3 is 12.1 Å². The van der Waals surface area contributed by atoms with Gasteiger partial charge in [-0.1, -0.05) is 37.6 Å². The molecule has 1 saturated heterocycles. The summed E-state index contributed by atoms with van der Waals surface area (Å²) in [6, 6.07) is 6.06. The number of hydroxylamine groups is 1. The number of unbranched alkanes of at least 4 members (excludes halogenated alkanes) is 1. The number of nitrogens with two attached hydrogens (primary N) is 1. The lowest BCUT2D eigenvalue weighted by Gasteiger charge is -2.17. The number of benzene rings is 1. The van der Waals surface area contributed by atoms with Gasteiger partial charge in [-0.15, -0.1) is 0 Å². The Morgan fingerprint density at radius 3 is 2.66 bits per heavy atom. The molecule has 2 amide bonds. The van der Waals surface area contributed by atoms with E-state index in [-0.39, 0.29) is 43.5 Å². The molecule has 11 heteroatoms. The summed E-state index contributed by atoms with van der Waals surface area (Å²) in [7, 11) is 1.20. The zero-order valence-electron chi connectivity index (χ0n) is 18.3. The highest BCUT2D eigenvalue weighted by atomic mass is 16.7. The first-order valence-corrected chi connectivity index (χ1v) is 10.5. The lowest BCUT2D eigenvalue weighted by molar-refractivity contribution is -0.143. The van der Waals surface area contributed by atoms with Crippen LogP contribution < -0.4 is 21.8 Å². The Kier molecular flexibility index (Phi) is 9.89. The monoisotopic (exact) mass is 449 g/mol. The molecule has 0 saturated carbocycles. The lowest BCUT2D eigenvalue weighted by Crippen LogP contribution is -2.49. The Morgan fingerprint density at radius 2 is 2.03 bits per heavy atom. The number of nitrogen functional groups attached to an aromatic ring is 1. The summed E-state index contributed by atoms with van der Waals surface area (Å²) in [5.74, 6) is -1.03. The fraction of sp³-hybridized carbons (Fsp3) is 0.524. The molecule has 3 atom stereocenters. The summed E-state index contributed by atoms with van der Waals surface area (Å²) in [5.41, 5.74) is 9.96. The molecule has 0 aromatic heterocycles. The zero-order valence-corrected chi connectivity index (χ0v) is 18.3. The molecule has 0 spiro atoms. The predicted molar refractivity (Wildman–Crippen MR) is 116 cm³/mol. The molecule has 1 heterocycles. The quantitative estimate of drug-likeness (QED) is 0.144. The molecule has 6 N–H and O–H groups in total. The van der Waals surface area contributed by atoms with E-state index in [1.807, 2.05) is 19.1 Å². The Bertz CT molecular complexity index is 800. The summed E-state index contributed by atoms with van der Waals surface area (Å²) >= 11 is 0. The third-order valence-electron chi connectivity index (χ3n) is 4.92. The number of hydrogen-bond acceptors (Lipinski definition) is 8. The van der Waals surface area contributed by atoms with Gasteiger partial charge in [0, 0.05) is 12.1 Å². The summed E-state index contributed by atoms with van der Waals surface area (Å²) in [6.45, 7) is 2.07. The molecule has 1 aromatic rings. The Hall–Kier alpha value is -3.18. The number of amides is 2. The molecule has 1 aliphatic rings. The molecule has 0 radical (unpaired) electrons.